The van der Waals surface area contributed by atoms with Gasteiger partial charge in [0.25, 0.3) is 0 Å². The van der Waals surface area contributed by atoms with Crippen molar-refractivity contribution in [3.05, 3.63) is 76.1 Å². The Morgan fingerprint density at radius 3 is 2.48 bits per heavy atom. The molecule has 0 unspecified atom stereocenters. The maximum atomic E-state index is 12.7. The molecule has 3 rings (SSSR count). The summed E-state index contributed by atoms with van der Waals surface area (Å²) in [4.78, 5) is 36.9. The average molecular weight is 422 g/mol. The van der Waals surface area contributed by atoms with Gasteiger partial charge in [0.2, 0.25) is 0 Å². The van der Waals surface area contributed by atoms with Crippen LogP contribution in [0.1, 0.15) is 31.9 Å². The number of para-hydroxylation sites is 1. The molecule has 0 radical (unpaired) electrons. The van der Waals surface area contributed by atoms with Gasteiger partial charge in [-0.1, -0.05) is 51.1 Å². The van der Waals surface area contributed by atoms with Gasteiger partial charge in [-0.3, -0.25) is 0 Å². The van der Waals surface area contributed by atoms with Crippen LogP contribution in [0.25, 0.3) is 11.0 Å². The molecule has 0 saturated heterocycles. The summed E-state index contributed by atoms with van der Waals surface area (Å²) in [5, 5.41) is 6.06. The number of carbonyl (C=O) groups is 2. The van der Waals surface area contributed by atoms with Crippen LogP contribution in [-0.4, -0.2) is 18.0 Å². The number of nitrogens with one attached hydrogen (secondary N) is 2. The molecular weight excluding hydrogens is 396 g/mol. The van der Waals surface area contributed by atoms with Crippen LogP contribution in [0, 0.1) is 5.92 Å². The zero-order valence-electron chi connectivity index (χ0n) is 17.8. The molecule has 31 heavy (non-hydrogen) atoms. The van der Waals surface area contributed by atoms with Crippen molar-refractivity contribution in [2.75, 3.05) is 5.32 Å². The highest BCUT2D eigenvalue weighted by atomic mass is 16.5. The van der Waals surface area contributed by atoms with Crippen molar-refractivity contribution < 1.29 is 18.7 Å². The Labute approximate surface area is 180 Å². The molecule has 0 bridgehead atoms. The third kappa shape index (κ3) is 5.72. The molecule has 0 spiro atoms. The van der Waals surface area contributed by atoms with Gasteiger partial charge in [-0.05, 0) is 36.1 Å². The topological polar surface area (TPSA) is 97.6 Å². The number of rotatable bonds is 7. The van der Waals surface area contributed by atoms with Crippen molar-refractivity contribution in [2.45, 2.75) is 39.8 Å². The minimum absolute atomic E-state index is 0.0996. The van der Waals surface area contributed by atoms with E-state index in [1.807, 2.05) is 45.0 Å². The maximum absolute atomic E-state index is 12.7. The molecular formula is C24H26N2O5. The first-order valence-corrected chi connectivity index (χ1v) is 10.2. The Kier molecular flexibility index (Phi) is 7.07. The molecule has 0 aliphatic carbocycles. The first-order chi connectivity index (χ1) is 14.9. The summed E-state index contributed by atoms with van der Waals surface area (Å²) in [7, 11) is 0. The smallest absolute Gasteiger partial charge is 0.336 e. The van der Waals surface area contributed by atoms with Gasteiger partial charge >= 0.3 is 17.6 Å². The fourth-order valence-corrected chi connectivity index (χ4v) is 3.18. The molecule has 2 N–H and O–H groups in total. The number of aryl methyl sites for hydroxylation is 1. The lowest BCUT2D eigenvalue weighted by Crippen LogP contribution is -2.47. The number of carbonyl (C=O) groups excluding carboxylic acids is 2. The molecule has 1 aromatic heterocycles. The Morgan fingerprint density at radius 2 is 1.81 bits per heavy atom. The van der Waals surface area contributed by atoms with E-state index >= 15 is 0 Å². The van der Waals surface area contributed by atoms with Crippen molar-refractivity contribution in [1.82, 2.24) is 5.32 Å². The summed E-state index contributed by atoms with van der Waals surface area (Å²) >= 11 is 0. The van der Waals surface area contributed by atoms with E-state index in [9.17, 15) is 14.4 Å². The second-order valence-corrected chi connectivity index (χ2v) is 7.57. The van der Waals surface area contributed by atoms with Gasteiger partial charge in [0, 0.05) is 22.7 Å². The van der Waals surface area contributed by atoms with Gasteiger partial charge in [-0.15, -0.1) is 0 Å². The van der Waals surface area contributed by atoms with E-state index in [4.69, 9.17) is 9.15 Å². The van der Waals surface area contributed by atoms with Crippen LogP contribution in [0.15, 0.2) is 63.8 Å². The van der Waals surface area contributed by atoms with E-state index in [2.05, 4.69) is 10.6 Å². The predicted molar refractivity (Wildman–Crippen MR) is 119 cm³/mol. The molecule has 0 fully saturated rings. The van der Waals surface area contributed by atoms with Crippen LogP contribution in [0.4, 0.5) is 10.5 Å². The lowest BCUT2D eigenvalue weighted by atomic mass is 10.0. The Morgan fingerprint density at radius 1 is 1.06 bits per heavy atom. The zero-order chi connectivity index (χ0) is 22.4. The molecule has 0 aliphatic heterocycles. The van der Waals surface area contributed by atoms with E-state index < -0.39 is 23.7 Å². The zero-order valence-corrected chi connectivity index (χ0v) is 17.8. The molecule has 2 amide bonds. The van der Waals surface area contributed by atoms with Gasteiger partial charge < -0.3 is 19.8 Å². The first-order valence-electron chi connectivity index (χ1n) is 10.2. The monoisotopic (exact) mass is 422 g/mol. The van der Waals surface area contributed by atoms with Crippen LogP contribution in [0.3, 0.4) is 0 Å². The Hall–Kier alpha value is -3.61. The molecule has 162 valence electrons. The van der Waals surface area contributed by atoms with Gasteiger partial charge in [0.15, 0.2) is 0 Å². The van der Waals surface area contributed by atoms with Crippen LogP contribution >= 0.6 is 0 Å². The van der Waals surface area contributed by atoms with Crippen molar-refractivity contribution in [3.63, 3.8) is 0 Å². The molecule has 3 aromatic rings. The lowest BCUT2D eigenvalue weighted by molar-refractivity contribution is -0.148. The fourth-order valence-electron chi connectivity index (χ4n) is 3.18. The minimum Gasteiger partial charge on any atom is -0.459 e. The minimum atomic E-state index is -0.846. The van der Waals surface area contributed by atoms with Gasteiger partial charge in [-0.25, -0.2) is 14.4 Å². The number of anilines is 1. The summed E-state index contributed by atoms with van der Waals surface area (Å²) < 4.78 is 10.7. The van der Waals surface area contributed by atoms with Crippen LogP contribution < -0.4 is 16.3 Å². The second kappa shape index (κ2) is 9.93. The SMILES string of the molecule is CCc1ccc2c(COC(=O)[C@H](NC(=O)Nc3ccccc3)C(C)C)cc(=O)oc2c1. The summed E-state index contributed by atoms with van der Waals surface area (Å²) in [5.41, 5.74) is 2.16. The number of urea groups is 1. The average Bonchev–Trinajstić information content (AvgIpc) is 2.75. The molecule has 2 aromatic carbocycles. The predicted octanol–water partition coefficient (Wildman–Crippen LogP) is 4.24. The van der Waals surface area contributed by atoms with Crippen molar-refractivity contribution in [2.24, 2.45) is 5.92 Å². The standard InChI is InChI=1S/C24H26N2O5/c1-4-16-10-11-19-17(13-21(27)31-20(19)12-16)14-30-23(28)22(15(2)3)26-24(29)25-18-8-6-5-7-9-18/h5-13,15,22H,4,14H2,1-3H3,(H2,25,26,29)/t22-/m1/s1. The quantitative estimate of drug-likeness (QED) is 0.438. The van der Waals surface area contributed by atoms with Gasteiger partial charge in [0.05, 0.1) is 0 Å². The van der Waals surface area contributed by atoms with E-state index in [0.29, 0.717) is 22.2 Å². The number of benzene rings is 2. The number of fused-ring (bicyclic) bond motifs is 1. The molecule has 1 atom stereocenters. The normalized spacial score (nSPS) is 11.9. The van der Waals surface area contributed by atoms with E-state index in [1.165, 1.54) is 6.07 Å². The highest BCUT2D eigenvalue weighted by Gasteiger charge is 2.26. The van der Waals surface area contributed by atoms with Crippen molar-refractivity contribution in [1.29, 1.82) is 0 Å². The van der Waals surface area contributed by atoms with Crippen molar-refractivity contribution >= 4 is 28.7 Å². The number of ether oxygens (including phenoxy) is 1. The van der Waals surface area contributed by atoms with Gasteiger partial charge in [-0.2, -0.15) is 0 Å². The van der Waals surface area contributed by atoms with E-state index in [0.717, 1.165) is 12.0 Å². The highest BCUT2D eigenvalue weighted by Crippen LogP contribution is 2.20. The molecule has 0 saturated carbocycles. The van der Waals surface area contributed by atoms with Crippen LogP contribution in [0.5, 0.6) is 0 Å². The summed E-state index contributed by atoms with van der Waals surface area (Å²) in [5.74, 6) is -0.775. The van der Waals surface area contributed by atoms with Crippen molar-refractivity contribution in [3.8, 4) is 0 Å². The number of hydrogen-bond acceptors (Lipinski definition) is 5. The third-order valence-electron chi connectivity index (χ3n) is 4.91. The summed E-state index contributed by atoms with van der Waals surface area (Å²) in [6, 6.07) is 14.5. The second-order valence-electron chi connectivity index (χ2n) is 7.57. The Bertz CT molecular complexity index is 1120. The largest absolute Gasteiger partial charge is 0.459 e. The molecule has 0 aliphatic rings. The lowest BCUT2D eigenvalue weighted by Gasteiger charge is -2.21. The number of esters is 1. The summed E-state index contributed by atoms with van der Waals surface area (Å²) in [6.07, 6.45) is 0.811. The highest BCUT2D eigenvalue weighted by molar-refractivity contribution is 5.92. The molecule has 7 heteroatoms. The van der Waals surface area contributed by atoms with Crippen LogP contribution in [-0.2, 0) is 22.6 Å². The number of amides is 2. The number of hydrogen-bond donors (Lipinski definition) is 2. The third-order valence-corrected chi connectivity index (χ3v) is 4.91. The summed E-state index contributed by atoms with van der Waals surface area (Å²) in [6.45, 7) is 5.54. The maximum Gasteiger partial charge on any atom is 0.336 e. The fraction of sp³-hybridized carbons (Fsp3) is 0.292. The van der Waals surface area contributed by atoms with E-state index in [1.54, 1.807) is 24.3 Å². The first kappa shape index (κ1) is 22.1. The van der Waals surface area contributed by atoms with Crippen LogP contribution in [0.2, 0.25) is 0 Å². The molecule has 1 heterocycles. The Balaban J connectivity index is 1.70. The molecule has 7 nitrogen and oxygen atoms in total. The van der Waals surface area contributed by atoms with E-state index in [-0.39, 0.29) is 12.5 Å². The van der Waals surface area contributed by atoms with Gasteiger partial charge in [0.1, 0.15) is 18.2 Å².